The van der Waals surface area contributed by atoms with Crippen LogP contribution < -0.4 is 5.32 Å². The van der Waals surface area contributed by atoms with Crippen LogP contribution in [0.25, 0.3) is 0 Å². The van der Waals surface area contributed by atoms with Gasteiger partial charge in [0, 0.05) is 38.6 Å². The minimum absolute atomic E-state index is 0.0286. The van der Waals surface area contributed by atoms with E-state index in [4.69, 9.17) is 5.11 Å². The molecule has 19 heavy (non-hydrogen) atoms. The molecule has 2 N–H and O–H groups in total. The lowest BCUT2D eigenvalue weighted by molar-refractivity contribution is 0.271. The molecule has 0 amide bonds. The zero-order valence-electron chi connectivity index (χ0n) is 11.3. The molecule has 0 saturated heterocycles. The Kier molecular flexibility index (Phi) is 6.20. The lowest BCUT2D eigenvalue weighted by atomic mass is 10.4. The van der Waals surface area contributed by atoms with Gasteiger partial charge in [-0.05, 0) is 19.4 Å². The Hall–Kier alpha value is -1.18. The summed E-state index contributed by atoms with van der Waals surface area (Å²) in [6.07, 6.45) is 3.33. The summed E-state index contributed by atoms with van der Waals surface area (Å²) in [5, 5.41) is 11.9. The van der Waals surface area contributed by atoms with Crippen LogP contribution in [0.15, 0.2) is 23.4 Å². The zero-order valence-corrected chi connectivity index (χ0v) is 12.2. The van der Waals surface area contributed by atoms with Crippen molar-refractivity contribution in [2.75, 3.05) is 31.6 Å². The van der Waals surface area contributed by atoms with Crippen LogP contribution in [0.3, 0.4) is 0 Å². The van der Waals surface area contributed by atoms with Crippen LogP contribution >= 0.6 is 0 Å². The Labute approximate surface area is 114 Å². The van der Waals surface area contributed by atoms with Crippen LogP contribution in [0.4, 0.5) is 5.69 Å². The number of nitrogens with zero attached hydrogens (tertiary/aromatic N) is 2. The van der Waals surface area contributed by atoms with Crippen LogP contribution in [0.1, 0.15) is 20.3 Å². The highest BCUT2D eigenvalue weighted by Gasteiger charge is 2.25. The molecule has 0 fully saturated rings. The average Bonchev–Trinajstić information content (AvgIpc) is 2.40. The summed E-state index contributed by atoms with van der Waals surface area (Å²) in [7, 11) is -3.58. The van der Waals surface area contributed by atoms with E-state index in [1.165, 1.54) is 10.5 Å². The van der Waals surface area contributed by atoms with Gasteiger partial charge in [-0.2, -0.15) is 4.31 Å². The van der Waals surface area contributed by atoms with Gasteiger partial charge >= 0.3 is 0 Å². The number of aromatic nitrogens is 1. The standard InChI is InChI=1S/C12H21N3O3S/c1-3-14-11-6-7-13-10-12(11)19(17,18)15(4-2)8-5-9-16/h6-7,10,16H,3-5,8-9H2,1-2H3,(H,13,14). The van der Waals surface area contributed by atoms with Gasteiger partial charge < -0.3 is 10.4 Å². The molecule has 1 aromatic heterocycles. The smallest absolute Gasteiger partial charge is 0.246 e. The topological polar surface area (TPSA) is 82.5 Å². The fraction of sp³-hybridized carbons (Fsp3) is 0.583. The third-order valence-electron chi connectivity index (χ3n) is 2.69. The van der Waals surface area contributed by atoms with Crippen molar-refractivity contribution in [2.45, 2.75) is 25.2 Å². The molecular formula is C12H21N3O3S. The summed E-state index contributed by atoms with van der Waals surface area (Å²) >= 11 is 0. The van der Waals surface area contributed by atoms with Crippen LogP contribution in [-0.4, -0.2) is 49.1 Å². The predicted molar refractivity (Wildman–Crippen MR) is 74.5 cm³/mol. The van der Waals surface area contributed by atoms with E-state index >= 15 is 0 Å². The fourth-order valence-corrected chi connectivity index (χ4v) is 3.36. The Morgan fingerprint density at radius 1 is 1.42 bits per heavy atom. The van der Waals surface area contributed by atoms with Crippen molar-refractivity contribution in [1.29, 1.82) is 0 Å². The van der Waals surface area contributed by atoms with E-state index in [0.29, 0.717) is 31.7 Å². The van der Waals surface area contributed by atoms with E-state index < -0.39 is 10.0 Å². The van der Waals surface area contributed by atoms with Gasteiger partial charge in [-0.25, -0.2) is 8.42 Å². The van der Waals surface area contributed by atoms with Gasteiger partial charge in [0.25, 0.3) is 0 Å². The molecule has 0 spiro atoms. The molecule has 6 nitrogen and oxygen atoms in total. The van der Waals surface area contributed by atoms with E-state index in [0.717, 1.165) is 0 Å². The first-order valence-corrected chi connectivity index (χ1v) is 7.80. The number of hydrogen-bond acceptors (Lipinski definition) is 5. The van der Waals surface area contributed by atoms with Crippen molar-refractivity contribution in [3.05, 3.63) is 18.5 Å². The molecule has 108 valence electrons. The number of anilines is 1. The number of sulfonamides is 1. The molecular weight excluding hydrogens is 266 g/mol. The largest absolute Gasteiger partial charge is 0.396 e. The SMILES string of the molecule is CCNc1ccncc1S(=O)(=O)N(CC)CCCO. The second kappa shape index (κ2) is 7.42. The first-order chi connectivity index (χ1) is 9.07. The number of hydrogen-bond donors (Lipinski definition) is 2. The number of rotatable bonds is 8. The maximum atomic E-state index is 12.5. The van der Waals surface area contributed by atoms with Crippen LogP contribution in [0.2, 0.25) is 0 Å². The Morgan fingerprint density at radius 3 is 2.74 bits per heavy atom. The van der Waals surface area contributed by atoms with Crippen molar-refractivity contribution in [3.8, 4) is 0 Å². The minimum atomic E-state index is -3.58. The van der Waals surface area contributed by atoms with E-state index in [1.807, 2.05) is 6.92 Å². The van der Waals surface area contributed by atoms with Gasteiger partial charge in [-0.3, -0.25) is 4.98 Å². The maximum Gasteiger partial charge on any atom is 0.246 e. The number of aliphatic hydroxyl groups is 1. The molecule has 1 heterocycles. The van der Waals surface area contributed by atoms with E-state index in [1.54, 1.807) is 19.2 Å². The van der Waals surface area contributed by atoms with Crippen LogP contribution in [0.5, 0.6) is 0 Å². The third-order valence-corrected chi connectivity index (χ3v) is 4.69. The van der Waals surface area contributed by atoms with Crippen molar-refractivity contribution in [1.82, 2.24) is 9.29 Å². The third kappa shape index (κ3) is 3.89. The molecule has 0 bridgehead atoms. The van der Waals surface area contributed by atoms with Crippen molar-refractivity contribution in [3.63, 3.8) is 0 Å². The second-order valence-electron chi connectivity index (χ2n) is 3.98. The highest BCUT2D eigenvalue weighted by atomic mass is 32.2. The summed E-state index contributed by atoms with van der Waals surface area (Å²) in [5.41, 5.74) is 0.556. The van der Waals surface area contributed by atoms with Gasteiger partial charge in [0.05, 0.1) is 5.69 Å². The minimum Gasteiger partial charge on any atom is -0.396 e. The number of nitrogens with one attached hydrogen (secondary N) is 1. The summed E-state index contributed by atoms with van der Waals surface area (Å²) in [6.45, 7) is 4.95. The zero-order chi connectivity index (χ0) is 14.3. The Bertz CT molecular complexity index is 491. The van der Waals surface area contributed by atoms with Gasteiger partial charge in [0.2, 0.25) is 10.0 Å². The molecule has 0 atom stereocenters. The van der Waals surface area contributed by atoms with Crippen LogP contribution in [-0.2, 0) is 10.0 Å². The number of pyridine rings is 1. The monoisotopic (exact) mass is 287 g/mol. The van der Waals surface area contributed by atoms with Gasteiger partial charge in [-0.1, -0.05) is 6.92 Å². The Morgan fingerprint density at radius 2 is 2.16 bits per heavy atom. The lowest BCUT2D eigenvalue weighted by Gasteiger charge is -2.21. The molecule has 0 radical (unpaired) electrons. The second-order valence-corrected chi connectivity index (χ2v) is 5.88. The highest BCUT2D eigenvalue weighted by molar-refractivity contribution is 7.89. The quantitative estimate of drug-likeness (QED) is 0.742. The normalized spacial score (nSPS) is 11.8. The van der Waals surface area contributed by atoms with Crippen molar-refractivity contribution in [2.24, 2.45) is 0 Å². The van der Waals surface area contributed by atoms with Gasteiger partial charge in [0.15, 0.2) is 0 Å². The predicted octanol–water partition coefficient (Wildman–Crippen LogP) is 0.906. The molecule has 0 unspecified atom stereocenters. The fourth-order valence-electron chi connectivity index (χ4n) is 1.76. The van der Waals surface area contributed by atoms with Crippen molar-refractivity contribution < 1.29 is 13.5 Å². The number of aliphatic hydroxyl groups excluding tert-OH is 1. The average molecular weight is 287 g/mol. The molecule has 0 aliphatic heterocycles. The summed E-state index contributed by atoms with van der Waals surface area (Å²) < 4.78 is 26.4. The maximum absolute atomic E-state index is 12.5. The first kappa shape index (κ1) is 15.9. The van der Waals surface area contributed by atoms with Gasteiger partial charge in [0.1, 0.15) is 4.90 Å². The molecule has 1 aromatic rings. The molecule has 0 saturated carbocycles. The highest BCUT2D eigenvalue weighted by Crippen LogP contribution is 2.23. The summed E-state index contributed by atoms with van der Waals surface area (Å²) in [6, 6.07) is 1.65. The van der Waals surface area contributed by atoms with Crippen molar-refractivity contribution >= 4 is 15.7 Å². The molecule has 0 aromatic carbocycles. The molecule has 7 heteroatoms. The van der Waals surface area contributed by atoms with E-state index in [-0.39, 0.29) is 11.5 Å². The molecule has 1 rings (SSSR count). The molecule has 0 aliphatic carbocycles. The van der Waals surface area contributed by atoms with Crippen LogP contribution in [0, 0.1) is 0 Å². The lowest BCUT2D eigenvalue weighted by Crippen LogP contribution is -2.32. The Balaban J connectivity index is 3.10. The summed E-state index contributed by atoms with van der Waals surface area (Å²) in [5.74, 6) is 0. The summed E-state index contributed by atoms with van der Waals surface area (Å²) in [4.78, 5) is 4.07. The van der Waals surface area contributed by atoms with Gasteiger partial charge in [-0.15, -0.1) is 0 Å². The molecule has 0 aliphatic rings. The van der Waals surface area contributed by atoms with E-state index in [9.17, 15) is 8.42 Å². The first-order valence-electron chi connectivity index (χ1n) is 6.36. The van der Waals surface area contributed by atoms with E-state index in [2.05, 4.69) is 10.3 Å².